The largest absolute Gasteiger partial charge is 0.459 e. The molecule has 0 spiro atoms. The molecule has 3 rings (SSSR count). The van der Waals surface area contributed by atoms with Gasteiger partial charge in [-0.15, -0.1) is 0 Å². The molecule has 0 saturated carbocycles. The summed E-state index contributed by atoms with van der Waals surface area (Å²) in [6.07, 6.45) is 1.46. The topological polar surface area (TPSA) is 51.5 Å². The van der Waals surface area contributed by atoms with Gasteiger partial charge in [-0.25, -0.2) is 0 Å². The first kappa shape index (κ1) is 14.4. The smallest absolute Gasteiger partial charge is 0.291 e. The lowest BCUT2D eigenvalue weighted by atomic mass is 10.3. The van der Waals surface area contributed by atoms with Crippen molar-refractivity contribution < 1.29 is 13.9 Å². The molecule has 0 aliphatic carbocycles. The van der Waals surface area contributed by atoms with Crippen molar-refractivity contribution in [3.63, 3.8) is 0 Å². The van der Waals surface area contributed by atoms with E-state index in [1.165, 1.54) is 6.26 Å². The Balaban J connectivity index is 1.65. The summed E-state index contributed by atoms with van der Waals surface area (Å²) < 4.78 is 11.7. The van der Waals surface area contributed by atoms with Gasteiger partial charge in [-0.05, 0) is 60.7 Å². The van der Waals surface area contributed by atoms with Crippen molar-refractivity contribution in [2.24, 2.45) is 0 Å². The third kappa shape index (κ3) is 3.56. The number of benzene rings is 2. The Bertz CT molecular complexity index is 750. The predicted octanol–water partition coefficient (Wildman–Crippen LogP) is 5.09. The number of hydrogen-bond acceptors (Lipinski definition) is 3. The van der Waals surface area contributed by atoms with Gasteiger partial charge in [0.05, 0.1) is 6.26 Å². The molecule has 0 unspecified atom stereocenters. The zero-order valence-electron chi connectivity index (χ0n) is 11.5. The lowest BCUT2D eigenvalue weighted by Crippen LogP contribution is -2.10. The number of anilines is 1. The van der Waals surface area contributed by atoms with Crippen LogP contribution in [0.2, 0.25) is 0 Å². The molecule has 0 aliphatic heterocycles. The summed E-state index contributed by atoms with van der Waals surface area (Å²) in [6, 6.07) is 18.0. The minimum Gasteiger partial charge on any atom is -0.459 e. The van der Waals surface area contributed by atoms with E-state index in [2.05, 4.69) is 21.2 Å². The minimum atomic E-state index is -0.286. The summed E-state index contributed by atoms with van der Waals surface area (Å²) in [5.74, 6) is 1.43. The van der Waals surface area contributed by atoms with Crippen LogP contribution >= 0.6 is 15.9 Å². The van der Waals surface area contributed by atoms with Crippen LogP contribution in [0.3, 0.4) is 0 Å². The van der Waals surface area contributed by atoms with E-state index in [0.717, 1.165) is 10.2 Å². The molecule has 22 heavy (non-hydrogen) atoms. The normalized spacial score (nSPS) is 10.2. The number of hydrogen-bond donors (Lipinski definition) is 1. The molecule has 1 amide bonds. The first-order valence-corrected chi connectivity index (χ1v) is 7.38. The van der Waals surface area contributed by atoms with E-state index in [0.29, 0.717) is 11.4 Å². The van der Waals surface area contributed by atoms with Gasteiger partial charge in [-0.2, -0.15) is 0 Å². The average molecular weight is 358 g/mol. The minimum absolute atomic E-state index is 0.273. The first-order valence-electron chi connectivity index (χ1n) is 6.59. The molecule has 4 nitrogen and oxygen atoms in total. The van der Waals surface area contributed by atoms with Gasteiger partial charge < -0.3 is 14.5 Å². The first-order chi connectivity index (χ1) is 10.7. The summed E-state index contributed by atoms with van der Waals surface area (Å²) in [5.41, 5.74) is 0.671. The van der Waals surface area contributed by atoms with Crippen molar-refractivity contribution >= 4 is 27.5 Å². The van der Waals surface area contributed by atoms with Gasteiger partial charge in [-0.1, -0.05) is 15.9 Å². The Morgan fingerprint density at radius 2 is 1.59 bits per heavy atom. The van der Waals surface area contributed by atoms with Crippen molar-refractivity contribution in [3.05, 3.63) is 77.2 Å². The van der Waals surface area contributed by atoms with Gasteiger partial charge in [0.25, 0.3) is 5.91 Å². The highest BCUT2D eigenvalue weighted by atomic mass is 79.9. The summed E-state index contributed by atoms with van der Waals surface area (Å²) >= 11 is 3.38. The Kier molecular flexibility index (Phi) is 4.25. The molecule has 3 aromatic rings. The van der Waals surface area contributed by atoms with E-state index in [9.17, 15) is 4.79 Å². The van der Waals surface area contributed by atoms with Crippen LogP contribution < -0.4 is 10.1 Å². The zero-order chi connectivity index (χ0) is 15.4. The van der Waals surface area contributed by atoms with Crippen molar-refractivity contribution in [2.45, 2.75) is 0 Å². The highest BCUT2D eigenvalue weighted by Crippen LogP contribution is 2.24. The molecule has 0 atom stereocenters. The molecule has 1 aromatic heterocycles. The van der Waals surface area contributed by atoms with E-state index < -0.39 is 0 Å². The van der Waals surface area contributed by atoms with Gasteiger partial charge in [0, 0.05) is 10.2 Å². The van der Waals surface area contributed by atoms with Gasteiger partial charge >= 0.3 is 0 Å². The summed E-state index contributed by atoms with van der Waals surface area (Å²) in [5, 5.41) is 2.75. The average Bonchev–Trinajstić information content (AvgIpc) is 3.06. The number of halogens is 1. The third-order valence-corrected chi connectivity index (χ3v) is 3.44. The molecule has 1 heterocycles. The van der Waals surface area contributed by atoms with Gasteiger partial charge in [0.1, 0.15) is 11.5 Å². The molecule has 0 bridgehead atoms. The van der Waals surface area contributed by atoms with E-state index in [1.54, 1.807) is 36.4 Å². The number of nitrogens with one attached hydrogen (secondary N) is 1. The highest BCUT2D eigenvalue weighted by molar-refractivity contribution is 9.10. The van der Waals surface area contributed by atoms with Gasteiger partial charge in [-0.3, -0.25) is 4.79 Å². The van der Waals surface area contributed by atoms with Crippen molar-refractivity contribution in [1.82, 2.24) is 0 Å². The molecule has 1 N–H and O–H groups in total. The number of furan rings is 1. The Morgan fingerprint density at radius 1 is 0.955 bits per heavy atom. The van der Waals surface area contributed by atoms with Crippen LogP contribution in [0.4, 0.5) is 5.69 Å². The monoisotopic (exact) mass is 357 g/mol. The number of rotatable bonds is 4. The maximum atomic E-state index is 11.8. The van der Waals surface area contributed by atoms with E-state index in [-0.39, 0.29) is 11.7 Å². The molecule has 0 aliphatic rings. The van der Waals surface area contributed by atoms with E-state index in [4.69, 9.17) is 9.15 Å². The van der Waals surface area contributed by atoms with Gasteiger partial charge in [0.15, 0.2) is 5.76 Å². The summed E-state index contributed by atoms with van der Waals surface area (Å²) in [7, 11) is 0. The second kappa shape index (κ2) is 6.49. The summed E-state index contributed by atoms with van der Waals surface area (Å²) in [6.45, 7) is 0. The van der Waals surface area contributed by atoms with Crippen LogP contribution in [0, 0.1) is 0 Å². The standard InChI is InChI=1S/C17H12BrNO3/c18-12-3-7-14(8-4-12)22-15-9-5-13(6-10-15)19-17(20)16-2-1-11-21-16/h1-11H,(H,19,20). The lowest BCUT2D eigenvalue weighted by Gasteiger charge is -2.07. The molecule has 5 heteroatoms. The van der Waals surface area contributed by atoms with Crippen LogP contribution in [-0.4, -0.2) is 5.91 Å². The van der Waals surface area contributed by atoms with Crippen LogP contribution in [-0.2, 0) is 0 Å². The van der Waals surface area contributed by atoms with Crippen molar-refractivity contribution in [1.29, 1.82) is 0 Å². The second-order valence-electron chi connectivity index (χ2n) is 4.51. The Morgan fingerprint density at radius 3 is 2.18 bits per heavy atom. The lowest BCUT2D eigenvalue weighted by molar-refractivity contribution is 0.0996. The van der Waals surface area contributed by atoms with Gasteiger partial charge in [0.2, 0.25) is 0 Å². The third-order valence-electron chi connectivity index (χ3n) is 2.91. The molecule has 0 fully saturated rings. The van der Waals surface area contributed by atoms with Crippen LogP contribution in [0.1, 0.15) is 10.6 Å². The number of carbonyl (C=O) groups excluding carboxylic acids is 1. The van der Waals surface area contributed by atoms with E-state index >= 15 is 0 Å². The molecule has 2 aromatic carbocycles. The Labute approximate surface area is 135 Å². The summed E-state index contributed by atoms with van der Waals surface area (Å²) in [4.78, 5) is 11.8. The second-order valence-corrected chi connectivity index (χ2v) is 5.43. The number of carbonyl (C=O) groups is 1. The van der Waals surface area contributed by atoms with Crippen molar-refractivity contribution in [3.8, 4) is 11.5 Å². The van der Waals surface area contributed by atoms with Crippen molar-refractivity contribution in [2.75, 3.05) is 5.32 Å². The SMILES string of the molecule is O=C(Nc1ccc(Oc2ccc(Br)cc2)cc1)c1ccco1. The predicted molar refractivity (Wildman–Crippen MR) is 87.3 cm³/mol. The fourth-order valence-electron chi connectivity index (χ4n) is 1.85. The van der Waals surface area contributed by atoms with E-state index in [1.807, 2.05) is 24.3 Å². The Hall–Kier alpha value is -2.53. The molecule has 110 valence electrons. The quantitative estimate of drug-likeness (QED) is 0.707. The molecular formula is C17H12BrNO3. The maximum absolute atomic E-state index is 11.8. The number of ether oxygens (including phenoxy) is 1. The van der Waals surface area contributed by atoms with Crippen LogP contribution in [0.15, 0.2) is 75.8 Å². The molecular weight excluding hydrogens is 346 g/mol. The number of amides is 1. The molecule has 0 radical (unpaired) electrons. The maximum Gasteiger partial charge on any atom is 0.291 e. The van der Waals surface area contributed by atoms with Crippen LogP contribution in [0.25, 0.3) is 0 Å². The fourth-order valence-corrected chi connectivity index (χ4v) is 2.11. The molecule has 0 saturated heterocycles. The fraction of sp³-hybridized carbons (Fsp3) is 0. The zero-order valence-corrected chi connectivity index (χ0v) is 13.0. The van der Waals surface area contributed by atoms with Crippen LogP contribution in [0.5, 0.6) is 11.5 Å². The highest BCUT2D eigenvalue weighted by Gasteiger charge is 2.08.